The number of aryl methyl sites for hydroxylation is 1. The van der Waals surface area contributed by atoms with Crippen LogP contribution in [-0.2, 0) is 11.2 Å². The third-order valence-corrected chi connectivity index (χ3v) is 5.17. The maximum atomic E-state index is 11.6. The molecule has 21 heavy (non-hydrogen) atoms. The standard InChI is InChI=1S/C15H18ClN3OS/c1-2-11-3-4-12-13(9-11)21-15(17-12)19-7-5-18(6-8-19)14(20)10-16/h3-4,9H,2,5-8,10H2,1H3. The van der Waals surface area contributed by atoms with Crippen molar-refractivity contribution in [1.29, 1.82) is 0 Å². The molecule has 4 nitrogen and oxygen atoms in total. The summed E-state index contributed by atoms with van der Waals surface area (Å²) in [7, 11) is 0. The van der Waals surface area contributed by atoms with Crippen LogP contribution >= 0.6 is 22.9 Å². The van der Waals surface area contributed by atoms with E-state index in [0.29, 0.717) is 0 Å². The van der Waals surface area contributed by atoms with E-state index in [1.165, 1.54) is 10.3 Å². The largest absolute Gasteiger partial charge is 0.345 e. The van der Waals surface area contributed by atoms with Crippen LogP contribution in [0, 0.1) is 0 Å². The average Bonchev–Trinajstić information content (AvgIpc) is 2.97. The third-order valence-electron chi connectivity index (χ3n) is 3.87. The summed E-state index contributed by atoms with van der Waals surface area (Å²) in [4.78, 5) is 20.4. The predicted molar refractivity (Wildman–Crippen MR) is 88.5 cm³/mol. The Kier molecular flexibility index (Phi) is 4.31. The number of fused-ring (bicyclic) bond motifs is 1. The molecule has 1 fully saturated rings. The Bertz CT molecular complexity index is 649. The monoisotopic (exact) mass is 323 g/mol. The molecule has 0 spiro atoms. The Morgan fingerprint density at radius 2 is 2.10 bits per heavy atom. The first-order valence-corrected chi connectivity index (χ1v) is 8.54. The van der Waals surface area contributed by atoms with E-state index in [9.17, 15) is 4.79 Å². The lowest BCUT2D eigenvalue weighted by Gasteiger charge is -2.34. The summed E-state index contributed by atoms with van der Waals surface area (Å²) in [5.74, 6) is 0.0919. The van der Waals surface area contributed by atoms with Crippen molar-refractivity contribution in [2.45, 2.75) is 13.3 Å². The minimum Gasteiger partial charge on any atom is -0.345 e. The number of amides is 1. The van der Waals surface area contributed by atoms with E-state index in [1.807, 2.05) is 4.90 Å². The van der Waals surface area contributed by atoms with Gasteiger partial charge in [-0.25, -0.2) is 4.98 Å². The van der Waals surface area contributed by atoms with E-state index in [2.05, 4.69) is 30.0 Å². The number of nitrogens with zero attached hydrogens (tertiary/aromatic N) is 3. The normalized spacial score (nSPS) is 15.7. The van der Waals surface area contributed by atoms with Crippen LogP contribution in [0.3, 0.4) is 0 Å². The van der Waals surface area contributed by atoms with Crippen molar-refractivity contribution in [3.05, 3.63) is 23.8 Å². The highest BCUT2D eigenvalue weighted by atomic mass is 35.5. The van der Waals surface area contributed by atoms with Gasteiger partial charge in [0.2, 0.25) is 5.91 Å². The second-order valence-electron chi connectivity index (χ2n) is 5.15. The summed E-state index contributed by atoms with van der Waals surface area (Å²) in [6.45, 7) is 5.26. The summed E-state index contributed by atoms with van der Waals surface area (Å²) in [6, 6.07) is 6.47. The molecule has 0 aliphatic carbocycles. The fourth-order valence-corrected chi connectivity index (χ4v) is 3.79. The zero-order valence-electron chi connectivity index (χ0n) is 12.0. The van der Waals surface area contributed by atoms with Gasteiger partial charge in [-0.3, -0.25) is 4.79 Å². The van der Waals surface area contributed by atoms with E-state index < -0.39 is 0 Å². The van der Waals surface area contributed by atoms with Crippen molar-refractivity contribution in [1.82, 2.24) is 9.88 Å². The van der Waals surface area contributed by atoms with Gasteiger partial charge in [0.25, 0.3) is 0 Å². The quantitative estimate of drug-likeness (QED) is 0.815. The fraction of sp³-hybridized carbons (Fsp3) is 0.467. The smallest absolute Gasteiger partial charge is 0.237 e. The number of carbonyl (C=O) groups excluding carboxylic acids is 1. The molecule has 112 valence electrons. The Balaban J connectivity index is 1.74. The van der Waals surface area contributed by atoms with Crippen molar-refractivity contribution in [2.75, 3.05) is 37.0 Å². The van der Waals surface area contributed by atoms with Gasteiger partial charge >= 0.3 is 0 Å². The van der Waals surface area contributed by atoms with Gasteiger partial charge in [-0.05, 0) is 24.1 Å². The summed E-state index contributed by atoms with van der Waals surface area (Å²) in [5, 5.41) is 1.05. The molecule has 0 N–H and O–H groups in total. The molecular formula is C15H18ClN3OS. The molecule has 3 rings (SSSR count). The van der Waals surface area contributed by atoms with E-state index in [0.717, 1.165) is 43.2 Å². The molecule has 1 saturated heterocycles. The van der Waals surface area contributed by atoms with E-state index in [4.69, 9.17) is 16.6 Å². The van der Waals surface area contributed by atoms with Crippen molar-refractivity contribution in [2.24, 2.45) is 0 Å². The van der Waals surface area contributed by atoms with Crippen LogP contribution in [0.4, 0.5) is 5.13 Å². The first-order valence-electron chi connectivity index (χ1n) is 7.19. The number of anilines is 1. The second kappa shape index (κ2) is 6.20. The summed E-state index contributed by atoms with van der Waals surface area (Å²) in [5.41, 5.74) is 2.40. The van der Waals surface area contributed by atoms with Gasteiger partial charge in [0.1, 0.15) is 5.88 Å². The number of halogens is 1. The van der Waals surface area contributed by atoms with Crippen LogP contribution < -0.4 is 4.90 Å². The van der Waals surface area contributed by atoms with Crippen molar-refractivity contribution in [3.63, 3.8) is 0 Å². The fourth-order valence-electron chi connectivity index (χ4n) is 2.54. The Morgan fingerprint density at radius 1 is 1.33 bits per heavy atom. The summed E-state index contributed by atoms with van der Waals surface area (Å²) >= 11 is 7.34. The third kappa shape index (κ3) is 2.99. The number of hydrogen-bond donors (Lipinski definition) is 0. The highest BCUT2D eigenvalue weighted by Crippen LogP contribution is 2.30. The molecular weight excluding hydrogens is 306 g/mol. The molecule has 1 aromatic carbocycles. The summed E-state index contributed by atoms with van der Waals surface area (Å²) < 4.78 is 1.24. The van der Waals surface area contributed by atoms with Crippen LogP contribution in [-0.4, -0.2) is 47.9 Å². The van der Waals surface area contributed by atoms with Gasteiger partial charge in [-0.1, -0.05) is 24.3 Å². The number of rotatable bonds is 3. The molecule has 2 heterocycles. The van der Waals surface area contributed by atoms with E-state index in [1.54, 1.807) is 11.3 Å². The molecule has 0 bridgehead atoms. The number of alkyl halides is 1. The van der Waals surface area contributed by atoms with Gasteiger partial charge < -0.3 is 9.80 Å². The average molecular weight is 324 g/mol. The van der Waals surface area contributed by atoms with Gasteiger partial charge in [-0.2, -0.15) is 0 Å². The number of benzene rings is 1. The molecule has 1 aliphatic heterocycles. The Hall–Kier alpha value is -1.33. The zero-order chi connectivity index (χ0) is 14.8. The van der Waals surface area contributed by atoms with Crippen LogP contribution in [0.5, 0.6) is 0 Å². The second-order valence-corrected chi connectivity index (χ2v) is 6.43. The molecule has 1 aromatic heterocycles. The van der Waals surface area contributed by atoms with Gasteiger partial charge in [0.15, 0.2) is 5.13 Å². The summed E-state index contributed by atoms with van der Waals surface area (Å²) in [6.07, 6.45) is 1.04. The number of aromatic nitrogens is 1. The molecule has 0 unspecified atom stereocenters. The first-order chi connectivity index (χ1) is 10.2. The molecule has 2 aromatic rings. The maximum absolute atomic E-state index is 11.6. The van der Waals surface area contributed by atoms with Crippen LogP contribution in [0.2, 0.25) is 0 Å². The lowest BCUT2D eigenvalue weighted by Crippen LogP contribution is -2.49. The van der Waals surface area contributed by atoms with Crippen molar-refractivity contribution >= 4 is 44.2 Å². The molecule has 0 saturated carbocycles. The molecule has 1 aliphatic rings. The van der Waals surface area contributed by atoms with Crippen molar-refractivity contribution in [3.8, 4) is 0 Å². The number of piperazine rings is 1. The number of hydrogen-bond acceptors (Lipinski definition) is 4. The molecule has 0 atom stereocenters. The predicted octanol–water partition coefficient (Wildman–Crippen LogP) is 2.75. The van der Waals surface area contributed by atoms with Gasteiger partial charge in [0.05, 0.1) is 10.2 Å². The first kappa shape index (κ1) is 14.6. The number of carbonyl (C=O) groups is 1. The van der Waals surface area contributed by atoms with E-state index >= 15 is 0 Å². The lowest BCUT2D eigenvalue weighted by atomic mass is 10.2. The number of thiazole rings is 1. The van der Waals surface area contributed by atoms with Gasteiger partial charge in [0, 0.05) is 26.2 Å². The molecule has 0 radical (unpaired) electrons. The highest BCUT2D eigenvalue weighted by molar-refractivity contribution is 7.22. The minimum atomic E-state index is 0.0215. The van der Waals surface area contributed by atoms with Gasteiger partial charge in [-0.15, -0.1) is 11.6 Å². The van der Waals surface area contributed by atoms with E-state index in [-0.39, 0.29) is 11.8 Å². The lowest BCUT2D eigenvalue weighted by molar-refractivity contribution is -0.128. The van der Waals surface area contributed by atoms with Crippen LogP contribution in [0.15, 0.2) is 18.2 Å². The van der Waals surface area contributed by atoms with Crippen molar-refractivity contribution < 1.29 is 4.79 Å². The highest BCUT2D eigenvalue weighted by Gasteiger charge is 2.22. The Labute approximate surface area is 133 Å². The minimum absolute atomic E-state index is 0.0215. The SMILES string of the molecule is CCc1ccc2nc(N3CCN(C(=O)CCl)CC3)sc2c1. The molecule has 1 amide bonds. The molecule has 6 heteroatoms. The van der Waals surface area contributed by atoms with Crippen LogP contribution in [0.25, 0.3) is 10.2 Å². The Morgan fingerprint density at radius 3 is 2.76 bits per heavy atom. The topological polar surface area (TPSA) is 36.4 Å². The maximum Gasteiger partial charge on any atom is 0.237 e. The zero-order valence-corrected chi connectivity index (χ0v) is 13.6. The van der Waals surface area contributed by atoms with Crippen LogP contribution in [0.1, 0.15) is 12.5 Å².